The van der Waals surface area contributed by atoms with Gasteiger partial charge >= 0.3 is 6.03 Å². The van der Waals surface area contributed by atoms with Crippen molar-refractivity contribution >= 4 is 11.7 Å². The zero-order valence-corrected chi connectivity index (χ0v) is 21.1. The Balaban J connectivity index is 1.70. The lowest BCUT2D eigenvalue weighted by atomic mass is 10.0. The molecule has 0 saturated carbocycles. The highest BCUT2D eigenvalue weighted by Crippen LogP contribution is 2.14. The molecule has 32 heavy (non-hydrogen) atoms. The van der Waals surface area contributed by atoms with Crippen LogP contribution in [-0.2, 0) is 0 Å². The van der Waals surface area contributed by atoms with Gasteiger partial charge in [-0.25, -0.2) is 4.79 Å². The van der Waals surface area contributed by atoms with Crippen LogP contribution in [0.2, 0.25) is 0 Å². The van der Waals surface area contributed by atoms with Crippen molar-refractivity contribution in [3.8, 4) is 0 Å². The van der Waals surface area contributed by atoms with Crippen molar-refractivity contribution in [1.29, 1.82) is 0 Å². The summed E-state index contributed by atoms with van der Waals surface area (Å²) in [6.07, 6.45) is 27.9. The maximum Gasteiger partial charge on any atom is 0.319 e. The summed E-state index contributed by atoms with van der Waals surface area (Å²) in [4.78, 5) is 11.8. The molecular formula is C29H52N2O. The molecule has 0 atom stereocenters. The van der Waals surface area contributed by atoms with E-state index in [2.05, 4.69) is 17.6 Å². The molecule has 3 heteroatoms. The van der Waals surface area contributed by atoms with Crippen molar-refractivity contribution in [2.45, 2.75) is 135 Å². The maximum absolute atomic E-state index is 11.8. The highest BCUT2D eigenvalue weighted by Gasteiger charge is 2.00. The first-order chi connectivity index (χ1) is 15.8. The highest BCUT2D eigenvalue weighted by atomic mass is 16.2. The lowest BCUT2D eigenvalue weighted by Gasteiger charge is -2.07. The molecule has 0 bridgehead atoms. The van der Waals surface area contributed by atoms with Gasteiger partial charge in [0.05, 0.1) is 0 Å². The number of nitrogens with one attached hydrogen (secondary N) is 2. The third-order valence-electron chi connectivity index (χ3n) is 6.35. The second-order valence-corrected chi connectivity index (χ2v) is 9.46. The summed E-state index contributed by atoms with van der Waals surface area (Å²) < 4.78 is 0. The molecule has 1 rings (SSSR count). The largest absolute Gasteiger partial charge is 0.338 e. The summed E-state index contributed by atoms with van der Waals surface area (Å²) in [5.41, 5.74) is 0.841. The molecule has 0 spiro atoms. The van der Waals surface area contributed by atoms with E-state index >= 15 is 0 Å². The van der Waals surface area contributed by atoms with E-state index in [1.54, 1.807) is 0 Å². The van der Waals surface area contributed by atoms with Crippen molar-refractivity contribution < 1.29 is 4.79 Å². The third kappa shape index (κ3) is 19.2. The Morgan fingerprint density at radius 3 is 1.34 bits per heavy atom. The van der Waals surface area contributed by atoms with Gasteiger partial charge in [0, 0.05) is 12.2 Å². The summed E-state index contributed by atoms with van der Waals surface area (Å²) in [5.74, 6) is 0. The molecule has 1 aromatic carbocycles. The molecule has 0 saturated heterocycles. The number of carbonyl (C=O) groups is 1. The maximum atomic E-state index is 11.8. The first kappa shape index (κ1) is 28.5. The molecule has 0 heterocycles. The Hall–Kier alpha value is -1.51. The standard InChI is InChI=1S/C29H52N2O/c1-2-3-4-5-6-7-8-9-10-11-12-13-14-15-16-17-18-19-20-24-27-30-29(32)31-28-25-22-21-23-26-28/h21-23,25-26H,2-20,24,27H2,1H3,(H2,30,31,32). The van der Waals surface area contributed by atoms with E-state index in [9.17, 15) is 4.79 Å². The first-order valence-electron chi connectivity index (χ1n) is 13.9. The van der Waals surface area contributed by atoms with E-state index < -0.39 is 0 Å². The van der Waals surface area contributed by atoms with Gasteiger partial charge in [-0.1, -0.05) is 147 Å². The number of anilines is 1. The summed E-state index contributed by atoms with van der Waals surface area (Å²) in [7, 11) is 0. The van der Waals surface area contributed by atoms with Crippen molar-refractivity contribution in [2.24, 2.45) is 0 Å². The van der Waals surface area contributed by atoms with Crippen LogP contribution in [0.25, 0.3) is 0 Å². The van der Waals surface area contributed by atoms with Crippen LogP contribution in [0, 0.1) is 0 Å². The zero-order valence-electron chi connectivity index (χ0n) is 21.1. The molecule has 0 unspecified atom stereocenters. The average molecular weight is 445 g/mol. The molecule has 0 radical (unpaired) electrons. The Labute approximate surface area is 199 Å². The average Bonchev–Trinajstić information content (AvgIpc) is 2.80. The number of para-hydroxylation sites is 1. The second kappa shape index (κ2) is 22.7. The van der Waals surface area contributed by atoms with Crippen LogP contribution in [0.5, 0.6) is 0 Å². The number of carbonyl (C=O) groups excluding carboxylic acids is 1. The third-order valence-corrected chi connectivity index (χ3v) is 6.35. The van der Waals surface area contributed by atoms with E-state index in [-0.39, 0.29) is 6.03 Å². The second-order valence-electron chi connectivity index (χ2n) is 9.46. The number of hydrogen-bond donors (Lipinski definition) is 2. The molecule has 3 nitrogen and oxygen atoms in total. The Bertz CT molecular complexity index is 517. The summed E-state index contributed by atoms with van der Waals surface area (Å²) in [5, 5.41) is 5.79. The van der Waals surface area contributed by atoms with Gasteiger partial charge in [-0.15, -0.1) is 0 Å². The Kier molecular flexibility index (Phi) is 20.2. The first-order valence-corrected chi connectivity index (χ1v) is 13.9. The predicted molar refractivity (Wildman–Crippen MR) is 141 cm³/mol. The van der Waals surface area contributed by atoms with E-state index in [1.807, 2.05) is 30.3 Å². The summed E-state index contributed by atoms with van der Waals surface area (Å²) >= 11 is 0. The number of benzene rings is 1. The molecule has 184 valence electrons. The monoisotopic (exact) mass is 444 g/mol. The van der Waals surface area contributed by atoms with Gasteiger partial charge in [-0.2, -0.15) is 0 Å². The fourth-order valence-corrected chi connectivity index (χ4v) is 4.28. The van der Waals surface area contributed by atoms with E-state index in [1.165, 1.54) is 122 Å². The van der Waals surface area contributed by atoms with E-state index in [0.717, 1.165) is 18.7 Å². The molecule has 0 aliphatic rings. The molecule has 2 N–H and O–H groups in total. The van der Waals surface area contributed by atoms with Gasteiger partial charge in [0.1, 0.15) is 0 Å². The summed E-state index contributed by atoms with van der Waals surface area (Å²) in [6, 6.07) is 9.49. The lowest BCUT2D eigenvalue weighted by molar-refractivity contribution is 0.252. The van der Waals surface area contributed by atoms with Gasteiger partial charge in [0.25, 0.3) is 0 Å². The van der Waals surface area contributed by atoms with Crippen LogP contribution in [0.1, 0.15) is 135 Å². The van der Waals surface area contributed by atoms with Gasteiger partial charge in [-0.3, -0.25) is 0 Å². The fraction of sp³-hybridized carbons (Fsp3) is 0.759. The molecule has 0 aliphatic heterocycles. The van der Waals surface area contributed by atoms with Gasteiger partial charge in [-0.05, 0) is 18.6 Å². The molecular weight excluding hydrogens is 392 g/mol. The van der Waals surface area contributed by atoms with Crippen molar-refractivity contribution in [3.63, 3.8) is 0 Å². The smallest absolute Gasteiger partial charge is 0.319 e. The lowest BCUT2D eigenvalue weighted by Crippen LogP contribution is -2.29. The van der Waals surface area contributed by atoms with Crippen LogP contribution < -0.4 is 10.6 Å². The van der Waals surface area contributed by atoms with Gasteiger partial charge in [0.2, 0.25) is 0 Å². The van der Waals surface area contributed by atoms with Crippen LogP contribution >= 0.6 is 0 Å². The van der Waals surface area contributed by atoms with Gasteiger partial charge in [0.15, 0.2) is 0 Å². The van der Waals surface area contributed by atoms with Crippen LogP contribution in [-0.4, -0.2) is 12.6 Å². The minimum Gasteiger partial charge on any atom is -0.338 e. The topological polar surface area (TPSA) is 41.1 Å². The number of amides is 2. The summed E-state index contributed by atoms with van der Waals surface area (Å²) in [6.45, 7) is 3.05. The van der Waals surface area contributed by atoms with E-state index in [4.69, 9.17) is 0 Å². The molecule has 0 fully saturated rings. The van der Waals surface area contributed by atoms with Crippen molar-refractivity contribution in [2.75, 3.05) is 11.9 Å². The number of unbranched alkanes of at least 4 members (excludes halogenated alkanes) is 19. The Morgan fingerprint density at radius 2 is 0.938 bits per heavy atom. The van der Waals surface area contributed by atoms with Crippen LogP contribution in [0.4, 0.5) is 10.5 Å². The van der Waals surface area contributed by atoms with Crippen LogP contribution in [0.15, 0.2) is 30.3 Å². The van der Waals surface area contributed by atoms with Gasteiger partial charge < -0.3 is 10.6 Å². The minimum absolute atomic E-state index is 0.103. The normalized spacial score (nSPS) is 10.9. The molecule has 0 aromatic heterocycles. The van der Waals surface area contributed by atoms with Crippen LogP contribution in [0.3, 0.4) is 0 Å². The highest BCUT2D eigenvalue weighted by molar-refractivity contribution is 5.89. The van der Waals surface area contributed by atoms with Crippen molar-refractivity contribution in [1.82, 2.24) is 5.32 Å². The SMILES string of the molecule is CCCCCCCCCCCCCCCCCCCCCCNC(=O)Nc1ccccc1. The molecule has 0 aliphatic carbocycles. The number of hydrogen-bond acceptors (Lipinski definition) is 1. The Morgan fingerprint density at radius 1 is 0.562 bits per heavy atom. The molecule has 1 aromatic rings. The number of rotatable bonds is 22. The quantitative estimate of drug-likeness (QED) is 0.172. The van der Waals surface area contributed by atoms with Crippen molar-refractivity contribution in [3.05, 3.63) is 30.3 Å². The minimum atomic E-state index is -0.103. The predicted octanol–water partition coefficient (Wildman–Crippen LogP) is 9.63. The molecule has 2 amide bonds. The fourth-order valence-electron chi connectivity index (χ4n) is 4.28. The van der Waals surface area contributed by atoms with E-state index in [0.29, 0.717) is 0 Å². The zero-order chi connectivity index (χ0) is 23.0. The number of urea groups is 1.